The summed E-state index contributed by atoms with van der Waals surface area (Å²) in [5, 5.41) is 3.12. The highest BCUT2D eigenvalue weighted by Gasteiger charge is 2.30. The summed E-state index contributed by atoms with van der Waals surface area (Å²) in [6.07, 6.45) is 5.59. The molecule has 32 heavy (non-hydrogen) atoms. The summed E-state index contributed by atoms with van der Waals surface area (Å²) in [5.74, 6) is 0.170. The molecule has 5 aromatic rings. The van der Waals surface area contributed by atoms with Gasteiger partial charge in [-0.2, -0.15) is 0 Å². The van der Waals surface area contributed by atoms with Crippen molar-refractivity contribution >= 4 is 43.8 Å². The van der Waals surface area contributed by atoms with Crippen LogP contribution >= 0.6 is 22.7 Å². The molecule has 2 aromatic carbocycles. The third-order valence-corrected chi connectivity index (χ3v) is 8.13. The van der Waals surface area contributed by atoms with E-state index >= 15 is 0 Å². The Kier molecular flexibility index (Phi) is 5.00. The van der Waals surface area contributed by atoms with Crippen molar-refractivity contribution in [2.75, 3.05) is 6.54 Å². The molecule has 1 atom stereocenters. The van der Waals surface area contributed by atoms with Crippen molar-refractivity contribution in [2.45, 2.75) is 31.7 Å². The van der Waals surface area contributed by atoms with Gasteiger partial charge >= 0.3 is 0 Å². The molecule has 0 aliphatic carbocycles. The Morgan fingerprint density at radius 2 is 1.88 bits per heavy atom. The van der Waals surface area contributed by atoms with Crippen LogP contribution in [0.3, 0.4) is 0 Å². The van der Waals surface area contributed by atoms with Crippen molar-refractivity contribution < 1.29 is 4.79 Å². The molecule has 1 unspecified atom stereocenters. The van der Waals surface area contributed by atoms with Crippen LogP contribution in [0.1, 0.15) is 36.0 Å². The first-order chi connectivity index (χ1) is 15.8. The fraction of sp³-hybridized carbons (Fsp3) is 0.240. The molecule has 1 aliphatic heterocycles. The standard InChI is InChI=1S/C25H22N4OS2/c30-23(14-18-16-31-25-27-20(15-29(18)25)17-8-2-1-3-9-17)28-13-7-6-11-21(28)24-26-19-10-4-5-12-22(19)32-24/h1-5,8-10,12,15-16,21H,6-7,11,13-14H2. The van der Waals surface area contributed by atoms with E-state index in [1.165, 1.54) is 4.70 Å². The van der Waals surface area contributed by atoms with Crippen LogP contribution in [0.4, 0.5) is 0 Å². The first-order valence-corrected chi connectivity index (χ1v) is 12.6. The molecule has 0 N–H and O–H groups in total. The lowest BCUT2D eigenvalue weighted by atomic mass is 10.0. The maximum Gasteiger partial charge on any atom is 0.229 e. The third-order valence-electron chi connectivity index (χ3n) is 6.10. The molecule has 1 aliphatic rings. The Morgan fingerprint density at radius 1 is 1.03 bits per heavy atom. The van der Waals surface area contributed by atoms with Crippen molar-refractivity contribution in [1.82, 2.24) is 19.3 Å². The molecule has 3 aromatic heterocycles. The summed E-state index contributed by atoms with van der Waals surface area (Å²) in [6, 6.07) is 18.5. The Labute approximate surface area is 194 Å². The number of hydrogen-bond donors (Lipinski definition) is 0. The first-order valence-electron chi connectivity index (χ1n) is 10.9. The second-order valence-corrected chi connectivity index (χ2v) is 10.1. The number of thiazole rings is 2. The molecule has 0 spiro atoms. The summed E-state index contributed by atoms with van der Waals surface area (Å²) in [7, 11) is 0. The summed E-state index contributed by atoms with van der Waals surface area (Å²) >= 11 is 3.31. The molecule has 1 amide bonds. The largest absolute Gasteiger partial charge is 0.333 e. The minimum Gasteiger partial charge on any atom is -0.333 e. The molecule has 160 valence electrons. The fourth-order valence-corrected chi connectivity index (χ4v) is 6.47. The molecule has 7 heteroatoms. The number of benzene rings is 2. The Bertz CT molecular complexity index is 1370. The minimum absolute atomic E-state index is 0.0745. The van der Waals surface area contributed by atoms with Crippen molar-refractivity contribution in [3.05, 3.63) is 76.9 Å². The van der Waals surface area contributed by atoms with Gasteiger partial charge in [0.2, 0.25) is 5.91 Å². The average molecular weight is 459 g/mol. The number of likely N-dealkylation sites (tertiary alicyclic amines) is 1. The van der Waals surface area contributed by atoms with Crippen molar-refractivity contribution in [3.8, 4) is 11.3 Å². The Hall–Kier alpha value is -3.03. The minimum atomic E-state index is 0.0745. The SMILES string of the molecule is O=C(Cc1csc2nc(-c3ccccc3)cn12)N1CCCCC1c1nc2ccccc2s1. The van der Waals surface area contributed by atoms with Gasteiger partial charge in [0.1, 0.15) is 5.01 Å². The normalized spacial score (nSPS) is 16.8. The van der Waals surface area contributed by atoms with Crippen LogP contribution in [0.15, 0.2) is 66.2 Å². The van der Waals surface area contributed by atoms with Crippen LogP contribution in [-0.2, 0) is 11.2 Å². The summed E-state index contributed by atoms with van der Waals surface area (Å²) in [5.41, 5.74) is 4.05. The number of hydrogen-bond acceptors (Lipinski definition) is 5. The fourth-order valence-electron chi connectivity index (χ4n) is 4.48. The van der Waals surface area contributed by atoms with Crippen LogP contribution in [0.5, 0.6) is 0 Å². The predicted octanol–water partition coefficient (Wildman–Crippen LogP) is 5.97. The van der Waals surface area contributed by atoms with Gasteiger partial charge in [-0.05, 0) is 31.4 Å². The average Bonchev–Trinajstić information content (AvgIpc) is 3.55. The molecular formula is C25H22N4OS2. The van der Waals surface area contributed by atoms with E-state index in [0.717, 1.165) is 58.2 Å². The quantitative estimate of drug-likeness (QED) is 0.333. The maximum absolute atomic E-state index is 13.5. The van der Waals surface area contributed by atoms with Crippen LogP contribution in [0.2, 0.25) is 0 Å². The summed E-state index contributed by atoms with van der Waals surface area (Å²) in [6.45, 7) is 0.798. The number of nitrogens with zero attached hydrogens (tertiary/aromatic N) is 4. The molecule has 1 fully saturated rings. The highest BCUT2D eigenvalue weighted by Crippen LogP contribution is 2.36. The highest BCUT2D eigenvalue weighted by molar-refractivity contribution is 7.18. The van der Waals surface area contributed by atoms with Gasteiger partial charge in [0, 0.05) is 29.4 Å². The molecule has 0 bridgehead atoms. The zero-order valence-corrected chi connectivity index (χ0v) is 19.1. The summed E-state index contributed by atoms with van der Waals surface area (Å²) < 4.78 is 3.26. The molecule has 0 radical (unpaired) electrons. The zero-order chi connectivity index (χ0) is 21.5. The number of amides is 1. The number of para-hydroxylation sites is 1. The molecule has 6 rings (SSSR count). The van der Waals surface area contributed by atoms with E-state index in [1.54, 1.807) is 22.7 Å². The van der Waals surface area contributed by atoms with Crippen LogP contribution in [-0.4, -0.2) is 31.7 Å². The van der Waals surface area contributed by atoms with Crippen LogP contribution in [0.25, 0.3) is 26.4 Å². The van der Waals surface area contributed by atoms with Gasteiger partial charge in [0.05, 0.1) is 28.4 Å². The predicted molar refractivity (Wildman–Crippen MR) is 130 cm³/mol. The van der Waals surface area contributed by atoms with Crippen molar-refractivity contribution in [3.63, 3.8) is 0 Å². The first kappa shape index (κ1) is 19.6. The van der Waals surface area contributed by atoms with Gasteiger partial charge in [-0.3, -0.25) is 9.20 Å². The monoisotopic (exact) mass is 458 g/mol. The van der Waals surface area contributed by atoms with E-state index < -0.39 is 0 Å². The van der Waals surface area contributed by atoms with Crippen molar-refractivity contribution in [1.29, 1.82) is 0 Å². The van der Waals surface area contributed by atoms with E-state index in [0.29, 0.717) is 6.42 Å². The molecule has 0 saturated carbocycles. The number of fused-ring (bicyclic) bond motifs is 2. The van der Waals surface area contributed by atoms with Gasteiger partial charge in [0.15, 0.2) is 4.96 Å². The molecular weight excluding hydrogens is 436 g/mol. The van der Waals surface area contributed by atoms with E-state index in [1.807, 2.05) is 36.5 Å². The second-order valence-electron chi connectivity index (χ2n) is 8.17. The van der Waals surface area contributed by atoms with Crippen molar-refractivity contribution in [2.24, 2.45) is 0 Å². The number of aromatic nitrogens is 3. The van der Waals surface area contributed by atoms with Gasteiger partial charge in [-0.1, -0.05) is 42.5 Å². The number of carbonyl (C=O) groups is 1. The van der Waals surface area contributed by atoms with E-state index in [4.69, 9.17) is 9.97 Å². The summed E-state index contributed by atoms with van der Waals surface area (Å²) in [4.78, 5) is 26.1. The molecule has 5 nitrogen and oxygen atoms in total. The Balaban J connectivity index is 1.27. The lowest BCUT2D eigenvalue weighted by Crippen LogP contribution is -2.39. The lowest BCUT2D eigenvalue weighted by Gasteiger charge is -2.34. The maximum atomic E-state index is 13.5. The van der Waals surface area contributed by atoms with Crippen LogP contribution in [0, 0.1) is 0 Å². The lowest BCUT2D eigenvalue weighted by molar-refractivity contribution is -0.134. The molecule has 1 saturated heterocycles. The third kappa shape index (κ3) is 3.51. The number of imidazole rings is 1. The number of rotatable bonds is 4. The number of piperidine rings is 1. The second kappa shape index (κ2) is 8.15. The van der Waals surface area contributed by atoms with Gasteiger partial charge in [-0.25, -0.2) is 9.97 Å². The highest BCUT2D eigenvalue weighted by atomic mass is 32.1. The molecule has 4 heterocycles. The van der Waals surface area contributed by atoms with E-state index in [2.05, 4.69) is 38.9 Å². The van der Waals surface area contributed by atoms with Gasteiger partial charge < -0.3 is 4.90 Å². The Morgan fingerprint density at radius 3 is 2.75 bits per heavy atom. The van der Waals surface area contributed by atoms with E-state index in [-0.39, 0.29) is 11.9 Å². The van der Waals surface area contributed by atoms with Gasteiger partial charge in [-0.15, -0.1) is 22.7 Å². The van der Waals surface area contributed by atoms with Gasteiger partial charge in [0.25, 0.3) is 0 Å². The topological polar surface area (TPSA) is 50.5 Å². The zero-order valence-electron chi connectivity index (χ0n) is 17.5. The van der Waals surface area contributed by atoms with Crippen LogP contribution < -0.4 is 0 Å². The number of carbonyl (C=O) groups excluding carboxylic acids is 1. The smallest absolute Gasteiger partial charge is 0.229 e. The van der Waals surface area contributed by atoms with E-state index in [9.17, 15) is 4.79 Å².